The summed E-state index contributed by atoms with van der Waals surface area (Å²) in [5.74, 6) is 0. The Labute approximate surface area is 188 Å². The van der Waals surface area contributed by atoms with Crippen LogP contribution in [0.5, 0.6) is 0 Å². The molecule has 0 aliphatic heterocycles. The Morgan fingerprint density at radius 1 is 0.800 bits per heavy atom. The van der Waals surface area contributed by atoms with E-state index in [1.165, 1.54) is 10.4 Å². The van der Waals surface area contributed by atoms with Crippen molar-refractivity contribution in [2.45, 2.75) is 59.9 Å². The van der Waals surface area contributed by atoms with Crippen LogP contribution in [0.25, 0.3) is 0 Å². The molecule has 1 N–H and O–H groups in total. The Morgan fingerprint density at radius 3 is 1.63 bits per heavy atom. The van der Waals surface area contributed by atoms with Crippen molar-refractivity contribution < 1.29 is 0 Å². The van der Waals surface area contributed by atoms with Gasteiger partial charge in [-0.05, 0) is 27.8 Å². The minimum atomic E-state index is -2.32. The van der Waals surface area contributed by atoms with Gasteiger partial charge >= 0.3 is 0 Å². The first-order valence-corrected chi connectivity index (χ1v) is 19.7. The second-order valence-electron chi connectivity index (χ2n) is 11.0. The van der Waals surface area contributed by atoms with E-state index in [0.717, 1.165) is 6.42 Å². The summed E-state index contributed by atoms with van der Waals surface area (Å²) >= 11 is 0. The van der Waals surface area contributed by atoms with E-state index in [1.54, 1.807) is 16.0 Å². The lowest BCUT2D eigenvalue weighted by molar-refractivity contribution is 0.515. The van der Waals surface area contributed by atoms with Crippen LogP contribution in [0.4, 0.5) is 0 Å². The maximum atomic E-state index is 4.41. The summed E-state index contributed by atoms with van der Waals surface area (Å²) in [5, 5.41) is 6.48. The second kappa shape index (κ2) is 8.58. The molecular weight excluding hydrogens is 411 g/mol. The van der Waals surface area contributed by atoms with Crippen LogP contribution in [-0.2, 0) is 0 Å². The van der Waals surface area contributed by atoms with Gasteiger partial charge in [-0.1, -0.05) is 131 Å². The average molecular weight is 450 g/mol. The quantitative estimate of drug-likeness (QED) is 0.582. The largest absolute Gasteiger partial charge is 0.349 e. The van der Waals surface area contributed by atoms with Gasteiger partial charge in [0.25, 0.3) is 0 Å². The normalized spacial score (nSPS) is 15.7. The third-order valence-electron chi connectivity index (χ3n) is 5.94. The fourth-order valence-electron chi connectivity index (χ4n) is 4.99. The van der Waals surface area contributed by atoms with Crippen molar-refractivity contribution in [1.29, 1.82) is 0 Å². The highest BCUT2D eigenvalue weighted by Crippen LogP contribution is 2.42. The lowest BCUT2D eigenvalue weighted by Gasteiger charge is -2.42. The molecule has 4 heteroatoms. The molecular formula is C26H39NSi3. The number of nitrogens with one attached hydrogen (secondary N) is 1. The minimum Gasteiger partial charge on any atom is -0.349 e. The van der Waals surface area contributed by atoms with Crippen molar-refractivity contribution in [3.63, 3.8) is 0 Å². The van der Waals surface area contributed by atoms with Gasteiger partial charge in [-0.15, -0.1) is 0 Å². The third-order valence-corrected chi connectivity index (χ3v) is 16.3. The van der Waals surface area contributed by atoms with Gasteiger partial charge in [-0.3, -0.25) is 0 Å². The zero-order chi connectivity index (χ0) is 22.2. The zero-order valence-corrected chi connectivity index (χ0v) is 23.3. The maximum Gasteiger partial charge on any atom is 0.211 e. The van der Waals surface area contributed by atoms with E-state index in [9.17, 15) is 0 Å². The zero-order valence-electron chi connectivity index (χ0n) is 20.1. The number of benzene rings is 2. The van der Waals surface area contributed by atoms with Crippen LogP contribution < -0.4 is 15.0 Å². The molecule has 160 valence electrons. The molecule has 0 fully saturated rings. The Hall–Kier alpha value is -1.47. The van der Waals surface area contributed by atoms with Crippen LogP contribution in [0, 0.1) is 5.41 Å². The smallest absolute Gasteiger partial charge is 0.211 e. The summed E-state index contributed by atoms with van der Waals surface area (Å²) in [4.78, 5) is 0. The third kappa shape index (κ3) is 4.57. The summed E-state index contributed by atoms with van der Waals surface area (Å²) in [6, 6.07) is 22.8. The standard InChI is InChI=1S/C26H39NSi3/c1-26(2,3)23-19-20-24(25(23)28(4)5)30(27-29(6,7)8,21-15-11-9-12-16-21)22-17-13-10-14-18-22/h9-19,27-28H,20H2,1-8H3. The fourth-order valence-corrected chi connectivity index (χ4v) is 18.1. The molecule has 0 spiro atoms. The molecule has 3 rings (SSSR count). The second-order valence-corrected chi connectivity index (χ2v) is 22.6. The van der Waals surface area contributed by atoms with E-state index in [0.29, 0.717) is 0 Å². The van der Waals surface area contributed by atoms with Crippen LogP contribution in [-0.4, -0.2) is 25.3 Å². The molecule has 0 radical (unpaired) electrons. The summed E-state index contributed by atoms with van der Waals surface area (Å²) in [6.45, 7) is 19.6. The topological polar surface area (TPSA) is 12.0 Å². The van der Waals surface area contributed by atoms with Crippen LogP contribution in [0.2, 0.25) is 32.7 Å². The van der Waals surface area contributed by atoms with Crippen molar-refractivity contribution in [3.05, 3.63) is 82.7 Å². The lowest BCUT2D eigenvalue weighted by Crippen LogP contribution is -2.75. The van der Waals surface area contributed by atoms with E-state index >= 15 is 0 Å². The minimum absolute atomic E-state index is 0.195. The number of rotatable bonds is 6. The molecule has 1 aliphatic rings. The lowest BCUT2D eigenvalue weighted by atomic mass is 9.87. The van der Waals surface area contributed by atoms with E-state index < -0.39 is 25.3 Å². The summed E-state index contributed by atoms with van der Waals surface area (Å²) in [5.41, 5.74) is 1.81. The number of hydrogen-bond acceptors (Lipinski definition) is 1. The van der Waals surface area contributed by atoms with Crippen molar-refractivity contribution >= 4 is 35.6 Å². The van der Waals surface area contributed by atoms with Gasteiger partial charge in [0, 0.05) is 0 Å². The maximum absolute atomic E-state index is 4.41. The van der Waals surface area contributed by atoms with E-state index in [1.807, 2.05) is 0 Å². The highest BCUT2D eigenvalue weighted by Gasteiger charge is 2.47. The first-order chi connectivity index (χ1) is 14.0. The molecule has 2 aromatic carbocycles. The van der Waals surface area contributed by atoms with Gasteiger partial charge in [0.1, 0.15) is 8.24 Å². The molecule has 2 aromatic rings. The van der Waals surface area contributed by atoms with Gasteiger partial charge in [0.05, 0.1) is 8.80 Å². The Bertz CT molecular complexity index is 890. The Balaban J connectivity index is 2.41. The molecule has 0 heterocycles. The predicted molar refractivity (Wildman–Crippen MR) is 142 cm³/mol. The highest BCUT2D eigenvalue weighted by atomic mass is 28.4. The molecule has 1 aliphatic carbocycles. The summed E-state index contributed by atoms with van der Waals surface area (Å²) in [7, 11) is -4.94. The highest BCUT2D eigenvalue weighted by molar-refractivity contribution is 7.11. The monoisotopic (exact) mass is 449 g/mol. The van der Waals surface area contributed by atoms with Gasteiger partial charge < -0.3 is 4.65 Å². The van der Waals surface area contributed by atoms with E-state index in [-0.39, 0.29) is 5.41 Å². The molecule has 0 aromatic heterocycles. The van der Waals surface area contributed by atoms with Crippen molar-refractivity contribution in [2.24, 2.45) is 5.41 Å². The van der Waals surface area contributed by atoms with Gasteiger partial charge in [0.2, 0.25) is 8.24 Å². The molecule has 0 unspecified atom stereocenters. The van der Waals surface area contributed by atoms with E-state index in [4.69, 9.17) is 0 Å². The van der Waals surface area contributed by atoms with Crippen LogP contribution in [0.3, 0.4) is 0 Å². The SMILES string of the molecule is C[SiH](C)C1=C([Si](N[Si](C)(C)C)(c2ccccc2)c2ccccc2)CC=C1C(C)(C)C. The number of hydrogen-bond donors (Lipinski definition) is 1. The van der Waals surface area contributed by atoms with Crippen molar-refractivity contribution in [1.82, 2.24) is 4.65 Å². The molecule has 0 atom stereocenters. The first-order valence-electron chi connectivity index (χ1n) is 11.3. The van der Waals surface area contributed by atoms with Gasteiger partial charge in [-0.25, -0.2) is 0 Å². The van der Waals surface area contributed by atoms with E-state index in [2.05, 4.69) is 125 Å². The van der Waals surface area contributed by atoms with Crippen molar-refractivity contribution in [2.75, 3.05) is 0 Å². The molecule has 30 heavy (non-hydrogen) atoms. The van der Waals surface area contributed by atoms with Crippen molar-refractivity contribution in [3.8, 4) is 0 Å². The van der Waals surface area contributed by atoms with Crippen LogP contribution >= 0.6 is 0 Å². The average Bonchev–Trinajstić information content (AvgIpc) is 3.13. The molecule has 0 saturated carbocycles. The molecule has 0 bridgehead atoms. The van der Waals surface area contributed by atoms with Gasteiger partial charge in [0.15, 0.2) is 0 Å². The summed E-state index contributed by atoms with van der Waals surface area (Å²) in [6.07, 6.45) is 3.66. The van der Waals surface area contributed by atoms with Gasteiger partial charge in [-0.2, -0.15) is 0 Å². The Kier molecular flexibility index (Phi) is 6.63. The first kappa shape index (κ1) is 23.2. The summed E-state index contributed by atoms with van der Waals surface area (Å²) < 4.78 is 4.41. The molecule has 0 saturated heterocycles. The molecule has 1 nitrogen and oxygen atoms in total. The van der Waals surface area contributed by atoms with Crippen LogP contribution in [0.1, 0.15) is 27.2 Å². The molecule has 0 amide bonds. The predicted octanol–water partition coefficient (Wildman–Crippen LogP) is 5.41. The van der Waals surface area contributed by atoms with Crippen LogP contribution in [0.15, 0.2) is 82.7 Å². The number of allylic oxidation sites excluding steroid dienone is 4. The fraction of sp³-hybridized carbons (Fsp3) is 0.385. The Morgan fingerprint density at radius 2 is 1.27 bits per heavy atom.